The van der Waals surface area contributed by atoms with Gasteiger partial charge in [-0.15, -0.1) is 11.8 Å². The molecule has 0 saturated carbocycles. The lowest BCUT2D eigenvalue weighted by atomic mass is 10.1. The fourth-order valence-electron chi connectivity index (χ4n) is 3.73. The molecule has 156 valence electrons. The Hall–Kier alpha value is -2.35. The van der Waals surface area contributed by atoms with Crippen LogP contribution < -0.4 is 5.32 Å². The minimum atomic E-state index is -3.73. The number of sulfonamides is 1. The molecule has 0 bridgehead atoms. The van der Waals surface area contributed by atoms with E-state index in [2.05, 4.69) is 5.32 Å². The molecule has 0 unspecified atom stereocenters. The molecule has 3 aromatic rings. The van der Waals surface area contributed by atoms with Crippen molar-refractivity contribution in [3.8, 4) is 0 Å². The Morgan fingerprint density at radius 3 is 2.53 bits per heavy atom. The number of carbonyl (C=O) groups is 1. The van der Waals surface area contributed by atoms with Crippen molar-refractivity contribution in [3.63, 3.8) is 0 Å². The molecule has 4 rings (SSSR count). The summed E-state index contributed by atoms with van der Waals surface area (Å²) in [6.07, 6.45) is 1.23. The second-order valence-corrected chi connectivity index (χ2v) is 10.3. The van der Waals surface area contributed by atoms with E-state index in [0.717, 1.165) is 21.4 Å². The highest BCUT2D eigenvalue weighted by atomic mass is 32.2. The Morgan fingerprint density at radius 1 is 1.00 bits per heavy atom. The van der Waals surface area contributed by atoms with Crippen molar-refractivity contribution in [2.45, 2.75) is 28.7 Å². The number of nitrogens with zero attached hydrogens (tertiary/aromatic N) is 1. The molecule has 0 radical (unpaired) electrons. The van der Waals surface area contributed by atoms with Crippen molar-refractivity contribution in [3.05, 3.63) is 72.8 Å². The molecule has 1 fully saturated rings. The van der Waals surface area contributed by atoms with E-state index < -0.39 is 16.1 Å². The number of rotatable bonds is 7. The van der Waals surface area contributed by atoms with Crippen LogP contribution in [0, 0.1) is 0 Å². The molecular formula is C23H24N2O3S2. The molecule has 1 saturated heterocycles. The van der Waals surface area contributed by atoms with Crippen LogP contribution in [0.15, 0.2) is 82.6 Å². The highest BCUT2D eigenvalue weighted by Crippen LogP contribution is 2.28. The van der Waals surface area contributed by atoms with E-state index in [0.29, 0.717) is 25.9 Å². The Bertz CT molecular complexity index is 1130. The zero-order chi connectivity index (χ0) is 21.0. The van der Waals surface area contributed by atoms with Crippen LogP contribution in [0.2, 0.25) is 0 Å². The van der Waals surface area contributed by atoms with Gasteiger partial charge in [-0.25, -0.2) is 8.42 Å². The minimum Gasteiger partial charge on any atom is -0.354 e. The standard InChI is InChI=1S/C23H24N2O3S2/c26-23(24-14-16-29-20-9-2-1-3-10-20)22-11-6-15-25(22)30(27,28)21-13-12-18-7-4-5-8-19(18)17-21/h1-5,7-10,12-13,17,22H,6,11,14-16H2,(H,24,26)/t22-/m1/s1. The summed E-state index contributed by atoms with van der Waals surface area (Å²) in [5, 5.41) is 4.77. The van der Waals surface area contributed by atoms with Crippen LogP contribution in [-0.4, -0.2) is 43.5 Å². The summed E-state index contributed by atoms with van der Waals surface area (Å²) < 4.78 is 27.9. The SMILES string of the molecule is O=C(NCCSc1ccccc1)[C@H]1CCCN1S(=O)(=O)c1ccc2ccccc2c1. The second kappa shape index (κ2) is 9.20. The van der Waals surface area contributed by atoms with Crippen LogP contribution in [0.4, 0.5) is 0 Å². The summed E-state index contributed by atoms with van der Waals surface area (Å²) >= 11 is 1.66. The summed E-state index contributed by atoms with van der Waals surface area (Å²) in [4.78, 5) is 14.1. The molecule has 5 nitrogen and oxygen atoms in total. The largest absolute Gasteiger partial charge is 0.354 e. The topological polar surface area (TPSA) is 66.5 Å². The first-order valence-electron chi connectivity index (χ1n) is 10.0. The van der Waals surface area contributed by atoms with Crippen LogP contribution in [-0.2, 0) is 14.8 Å². The van der Waals surface area contributed by atoms with Gasteiger partial charge in [-0.2, -0.15) is 4.31 Å². The first-order chi connectivity index (χ1) is 14.6. The smallest absolute Gasteiger partial charge is 0.243 e. The van der Waals surface area contributed by atoms with Crippen molar-refractivity contribution in [1.29, 1.82) is 0 Å². The van der Waals surface area contributed by atoms with Crippen molar-refractivity contribution in [2.24, 2.45) is 0 Å². The number of carbonyl (C=O) groups excluding carboxylic acids is 1. The van der Waals surface area contributed by atoms with Gasteiger partial charge in [0, 0.05) is 23.7 Å². The lowest BCUT2D eigenvalue weighted by Crippen LogP contribution is -2.46. The van der Waals surface area contributed by atoms with Gasteiger partial charge in [-0.05, 0) is 47.9 Å². The highest BCUT2D eigenvalue weighted by Gasteiger charge is 2.39. The summed E-state index contributed by atoms with van der Waals surface area (Å²) in [6.45, 7) is 0.866. The van der Waals surface area contributed by atoms with E-state index in [1.165, 1.54) is 4.31 Å². The van der Waals surface area contributed by atoms with E-state index in [9.17, 15) is 13.2 Å². The van der Waals surface area contributed by atoms with Gasteiger partial charge in [0.1, 0.15) is 6.04 Å². The van der Waals surface area contributed by atoms with E-state index in [1.54, 1.807) is 23.9 Å². The summed E-state index contributed by atoms with van der Waals surface area (Å²) in [7, 11) is -3.73. The lowest BCUT2D eigenvalue weighted by molar-refractivity contribution is -0.124. The summed E-state index contributed by atoms with van der Waals surface area (Å²) in [6, 6.07) is 22.1. The third-order valence-corrected chi connectivity index (χ3v) is 8.16. The van der Waals surface area contributed by atoms with E-state index in [-0.39, 0.29) is 10.8 Å². The highest BCUT2D eigenvalue weighted by molar-refractivity contribution is 7.99. The molecule has 1 amide bonds. The van der Waals surface area contributed by atoms with Gasteiger partial charge in [0.15, 0.2) is 0 Å². The molecule has 1 atom stereocenters. The molecule has 1 heterocycles. The summed E-state index contributed by atoms with van der Waals surface area (Å²) in [5.74, 6) is 0.519. The van der Waals surface area contributed by atoms with Gasteiger partial charge in [-0.1, -0.05) is 48.5 Å². The Kier molecular flexibility index (Phi) is 6.41. The number of benzene rings is 3. The number of hydrogen-bond donors (Lipinski definition) is 1. The van der Waals surface area contributed by atoms with Crippen molar-refractivity contribution in [1.82, 2.24) is 9.62 Å². The molecule has 7 heteroatoms. The van der Waals surface area contributed by atoms with Crippen LogP contribution in [0.3, 0.4) is 0 Å². The second-order valence-electron chi connectivity index (χ2n) is 7.24. The van der Waals surface area contributed by atoms with Crippen LogP contribution in [0.5, 0.6) is 0 Å². The van der Waals surface area contributed by atoms with E-state index >= 15 is 0 Å². The Balaban J connectivity index is 1.42. The predicted molar refractivity (Wildman–Crippen MR) is 121 cm³/mol. The van der Waals surface area contributed by atoms with E-state index in [1.807, 2.05) is 60.7 Å². The van der Waals surface area contributed by atoms with Gasteiger partial charge in [0.25, 0.3) is 0 Å². The maximum atomic E-state index is 13.2. The molecule has 30 heavy (non-hydrogen) atoms. The average molecular weight is 441 g/mol. The zero-order valence-corrected chi connectivity index (χ0v) is 18.2. The predicted octanol–water partition coefficient (Wildman–Crippen LogP) is 3.90. The zero-order valence-electron chi connectivity index (χ0n) is 16.5. The number of fused-ring (bicyclic) bond motifs is 1. The molecule has 0 aliphatic carbocycles. The van der Waals surface area contributed by atoms with Crippen LogP contribution >= 0.6 is 11.8 Å². The third kappa shape index (κ3) is 4.53. The summed E-state index contributed by atoms with van der Waals surface area (Å²) in [5.41, 5.74) is 0. The van der Waals surface area contributed by atoms with Gasteiger partial charge >= 0.3 is 0 Å². The molecule has 0 spiro atoms. The number of hydrogen-bond acceptors (Lipinski definition) is 4. The van der Waals surface area contributed by atoms with Gasteiger partial charge < -0.3 is 5.32 Å². The van der Waals surface area contributed by atoms with Crippen molar-refractivity contribution in [2.75, 3.05) is 18.8 Å². The molecule has 0 aromatic heterocycles. The molecule has 1 N–H and O–H groups in total. The maximum Gasteiger partial charge on any atom is 0.243 e. The molecule has 1 aliphatic heterocycles. The minimum absolute atomic E-state index is 0.217. The fraction of sp³-hybridized carbons (Fsp3) is 0.261. The normalized spacial score (nSPS) is 17.3. The van der Waals surface area contributed by atoms with Crippen molar-refractivity contribution >= 4 is 38.5 Å². The third-order valence-electron chi connectivity index (χ3n) is 5.25. The molecule has 1 aliphatic rings. The van der Waals surface area contributed by atoms with E-state index in [4.69, 9.17) is 0 Å². The van der Waals surface area contributed by atoms with Crippen molar-refractivity contribution < 1.29 is 13.2 Å². The molecule has 3 aromatic carbocycles. The first kappa shape index (κ1) is 20.9. The first-order valence-corrected chi connectivity index (χ1v) is 12.4. The van der Waals surface area contributed by atoms with Crippen LogP contribution in [0.25, 0.3) is 10.8 Å². The number of nitrogens with one attached hydrogen (secondary N) is 1. The van der Waals surface area contributed by atoms with Gasteiger partial charge in [0.2, 0.25) is 15.9 Å². The monoisotopic (exact) mass is 440 g/mol. The van der Waals surface area contributed by atoms with Crippen LogP contribution in [0.1, 0.15) is 12.8 Å². The maximum absolute atomic E-state index is 13.2. The quantitative estimate of drug-likeness (QED) is 0.447. The Morgan fingerprint density at radius 2 is 1.73 bits per heavy atom. The number of amides is 1. The Labute approximate surface area is 181 Å². The fourth-order valence-corrected chi connectivity index (χ4v) is 6.21. The molecular weight excluding hydrogens is 416 g/mol. The van der Waals surface area contributed by atoms with Gasteiger partial charge in [0.05, 0.1) is 4.90 Å². The number of thioether (sulfide) groups is 1. The van der Waals surface area contributed by atoms with Gasteiger partial charge in [-0.3, -0.25) is 4.79 Å². The lowest BCUT2D eigenvalue weighted by Gasteiger charge is -2.23. The average Bonchev–Trinajstić information content (AvgIpc) is 3.28.